The molecule has 1 aliphatic heterocycles. The van der Waals surface area contributed by atoms with E-state index in [0.717, 1.165) is 37.7 Å². The van der Waals surface area contributed by atoms with Crippen LogP contribution in [0.2, 0.25) is 0 Å². The lowest BCUT2D eigenvalue weighted by Gasteiger charge is -2.17. The number of benzene rings is 2. The molecule has 1 atom stereocenters. The summed E-state index contributed by atoms with van der Waals surface area (Å²) in [4.78, 5) is 26.7. The Bertz CT molecular complexity index is 922. The van der Waals surface area contributed by atoms with Crippen molar-refractivity contribution in [3.63, 3.8) is 0 Å². The number of alkyl halides is 3. The van der Waals surface area contributed by atoms with Crippen LogP contribution in [0.4, 0.5) is 18.9 Å². The predicted molar refractivity (Wildman–Crippen MR) is 108 cm³/mol. The molecule has 2 aromatic carbocycles. The maximum Gasteiger partial charge on any atom is 0.573 e. The molecule has 0 saturated carbocycles. The third-order valence-corrected chi connectivity index (χ3v) is 4.80. The van der Waals surface area contributed by atoms with E-state index >= 15 is 0 Å². The standard InChI is InChI=1S/C21H23F3N4O3/c22-21(23,24)31-16-6-7-18(25)17(10-16)20(30)26-11-19(29)27-15-8-9-28(13-15)12-14-4-2-1-3-5-14/h1-7,10,15H,8-9,11-13,25H2,(H,26,30)(H,27,29). The number of carbonyl (C=O) groups is 2. The van der Waals surface area contributed by atoms with E-state index in [2.05, 4.69) is 20.3 Å². The van der Waals surface area contributed by atoms with E-state index in [0.29, 0.717) is 6.54 Å². The topological polar surface area (TPSA) is 96.7 Å². The highest BCUT2D eigenvalue weighted by atomic mass is 19.4. The van der Waals surface area contributed by atoms with Gasteiger partial charge in [-0.3, -0.25) is 14.5 Å². The minimum absolute atomic E-state index is 0.0280. The number of nitrogens with one attached hydrogen (secondary N) is 2. The van der Waals surface area contributed by atoms with Crippen LogP contribution in [0.1, 0.15) is 22.3 Å². The Morgan fingerprint density at radius 1 is 1.16 bits per heavy atom. The summed E-state index contributed by atoms with van der Waals surface area (Å²) in [7, 11) is 0. The van der Waals surface area contributed by atoms with Crippen molar-refractivity contribution in [1.29, 1.82) is 0 Å². The molecule has 1 fully saturated rings. The Morgan fingerprint density at radius 2 is 1.90 bits per heavy atom. The molecule has 1 unspecified atom stereocenters. The van der Waals surface area contributed by atoms with Gasteiger partial charge < -0.3 is 21.1 Å². The van der Waals surface area contributed by atoms with E-state index in [4.69, 9.17) is 5.73 Å². The van der Waals surface area contributed by atoms with Gasteiger partial charge in [-0.25, -0.2) is 0 Å². The summed E-state index contributed by atoms with van der Waals surface area (Å²) in [5, 5.41) is 5.23. The van der Waals surface area contributed by atoms with Crippen LogP contribution < -0.4 is 21.1 Å². The Labute approximate surface area is 177 Å². The molecule has 0 aromatic heterocycles. The van der Waals surface area contributed by atoms with E-state index in [9.17, 15) is 22.8 Å². The lowest BCUT2D eigenvalue weighted by Crippen LogP contribution is -2.43. The number of likely N-dealkylation sites (tertiary alicyclic amines) is 1. The number of hydrogen-bond acceptors (Lipinski definition) is 5. The van der Waals surface area contributed by atoms with Crippen LogP contribution in [0.25, 0.3) is 0 Å². The summed E-state index contributed by atoms with van der Waals surface area (Å²) in [6.07, 6.45) is -4.10. The number of nitrogens with zero attached hydrogens (tertiary/aromatic N) is 1. The summed E-state index contributed by atoms with van der Waals surface area (Å²) in [6, 6.07) is 13.0. The number of rotatable bonds is 7. The van der Waals surface area contributed by atoms with Crippen molar-refractivity contribution in [3.8, 4) is 5.75 Å². The minimum Gasteiger partial charge on any atom is -0.406 e. The highest BCUT2D eigenvalue weighted by Crippen LogP contribution is 2.26. The van der Waals surface area contributed by atoms with Gasteiger partial charge in [-0.2, -0.15) is 0 Å². The van der Waals surface area contributed by atoms with E-state index in [1.54, 1.807) is 0 Å². The van der Waals surface area contributed by atoms with Gasteiger partial charge in [0.05, 0.1) is 12.1 Å². The summed E-state index contributed by atoms with van der Waals surface area (Å²) in [5.74, 6) is -1.72. The lowest BCUT2D eigenvalue weighted by molar-refractivity contribution is -0.274. The molecule has 1 saturated heterocycles. The smallest absolute Gasteiger partial charge is 0.406 e. The predicted octanol–water partition coefficient (Wildman–Crippen LogP) is 2.29. The summed E-state index contributed by atoms with van der Waals surface area (Å²) < 4.78 is 40.9. The van der Waals surface area contributed by atoms with Gasteiger partial charge in [0.1, 0.15) is 5.75 Å². The minimum atomic E-state index is -4.89. The Kier molecular flexibility index (Phi) is 7.01. The second-order valence-electron chi connectivity index (χ2n) is 7.25. The number of halogens is 3. The monoisotopic (exact) mass is 436 g/mol. The molecule has 0 aliphatic carbocycles. The highest BCUT2D eigenvalue weighted by Gasteiger charge is 2.31. The van der Waals surface area contributed by atoms with Crippen LogP contribution >= 0.6 is 0 Å². The first-order valence-corrected chi connectivity index (χ1v) is 9.69. The molecule has 2 amide bonds. The van der Waals surface area contributed by atoms with Gasteiger partial charge in [0, 0.05) is 31.4 Å². The van der Waals surface area contributed by atoms with Crippen molar-refractivity contribution in [2.24, 2.45) is 0 Å². The second-order valence-corrected chi connectivity index (χ2v) is 7.25. The number of anilines is 1. The van der Waals surface area contributed by atoms with Crippen LogP contribution in [-0.2, 0) is 11.3 Å². The van der Waals surface area contributed by atoms with Gasteiger partial charge in [-0.1, -0.05) is 30.3 Å². The number of nitrogens with two attached hydrogens (primary N) is 1. The molecule has 7 nitrogen and oxygen atoms in total. The fraction of sp³-hybridized carbons (Fsp3) is 0.333. The van der Waals surface area contributed by atoms with Crippen molar-refractivity contribution in [3.05, 3.63) is 59.7 Å². The average Bonchev–Trinajstić information content (AvgIpc) is 3.14. The largest absolute Gasteiger partial charge is 0.573 e. The fourth-order valence-electron chi connectivity index (χ4n) is 3.40. The first kappa shape index (κ1) is 22.4. The normalized spacial score (nSPS) is 16.7. The van der Waals surface area contributed by atoms with Crippen molar-refractivity contribution in [1.82, 2.24) is 15.5 Å². The Hall–Kier alpha value is -3.27. The van der Waals surface area contributed by atoms with Crippen molar-refractivity contribution in [2.75, 3.05) is 25.4 Å². The molecule has 4 N–H and O–H groups in total. The Balaban J connectivity index is 1.46. The third-order valence-electron chi connectivity index (χ3n) is 4.80. The van der Waals surface area contributed by atoms with Gasteiger partial charge in [0.15, 0.2) is 0 Å². The lowest BCUT2D eigenvalue weighted by atomic mass is 10.1. The molecular weight excluding hydrogens is 413 g/mol. The molecular formula is C21H23F3N4O3. The molecule has 166 valence electrons. The summed E-state index contributed by atoms with van der Waals surface area (Å²) >= 11 is 0. The van der Waals surface area contributed by atoms with Crippen LogP contribution in [-0.4, -0.2) is 48.8 Å². The van der Waals surface area contributed by atoms with Gasteiger partial charge in [0.2, 0.25) is 5.91 Å². The van der Waals surface area contributed by atoms with Crippen LogP contribution in [0.5, 0.6) is 5.75 Å². The molecule has 1 aliphatic rings. The second kappa shape index (κ2) is 9.69. The van der Waals surface area contributed by atoms with Crippen molar-refractivity contribution in [2.45, 2.75) is 25.4 Å². The molecule has 0 radical (unpaired) electrons. The van der Waals surface area contributed by atoms with Crippen LogP contribution in [0, 0.1) is 0 Å². The van der Waals surface area contributed by atoms with E-state index in [1.165, 1.54) is 5.56 Å². The summed E-state index contributed by atoms with van der Waals surface area (Å²) in [5.41, 5.74) is 6.63. The zero-order chi connectivity index (χ0) is 22.4. The van der Waals surface area contributed by atoms with Crippen molar-refractivity contribution >= 4 is 17.5 Å². The molecule has 0 bridgehead atoms. The first-order chi connectivity index (χ1) is 14.7. The number of amides is 2. The number of ether oxygens (including phenoxy) is 1. The van der Waals surface area contributed by atoms with Crippen LogP contribution in [0.3, 0.4) is 0 Å². The molecule has 10 heteroatoms. The molecule has 1 heterocycles. The van der Waals surface area contributed by atoms with E-state index < -0.39 is 18.0 Å². The van der Waals surface area contributed by atoms with Gasteiger partial charge in [0.25, 0.3) is 5.91 Å². The molecule has 3 rings (SSSR count). The SMILES string of the molecule is Nc1ccc(OC(F)(F)F)cc1C(=O)NCC(=O)NC1CCN(Cc2ccccc2)C1. The maximum atomic E-state index is 12.4. The first-order valence-electron chi connectivity index (χ1n) is 9.69. The zero-order valence-electron chi connectivity index (χ0n) is 16.6. The number of nitrogen functional groups attached to an aromatic ring is 1. The molecule has 0 spiro atoms. The number of carbonyl (C=O) groups excluding carboxylic acids is 2. The third kappa shape index (κ3) is 6.88. The van der Waals surface area contributed by atoms with Gasteiger partial charge in [-0.15, -0.1) is 13.2 Å². The Morgan fingerprint density at radius 3 is 2.61 bits per heavy atom. The molecule has 2 aromatic rings. The van der Waals surface area contributed by atoms with E-state index in [-0.39, 0.29) is 29.7 Å². The zero-order valence-corrected chi connectivity index (χ0v) is 16.6. The molecule has 31 heavy (non-hydrogen) atoms. The maximum absolute atomic E-state index is 12.4. The van der Waals surface area contributed by atoms with Crippen LogP contribution in [0.15, 0.2) is 48.5 Å². The average molecular weight is 436 g/mol. The van der Waals surface area contributed by atoms with E-state index in [1.807, 2.05) is 30.3 Å². The summed E-state index contributed by atoms with van der Waals surface area (Å²) in [6.45, 7) is 2.00. The fourth-order valence-corrected chi connectivity index (χ4v) is 3.40. The highest BCUT2D eigenvalue weighted by molar-refractivity contribution is 6.01. The quantitative estimate of drug-likeness (QED) is 0.579. The van der Waals surface area contributed by atoms with Gasteiger partial charge in [-0.05, 0) is 30.2 Å². The number of hydrogen-bond donors (Lipinski definition) is 3. The van der Waals surface area contributed by atoms with Gasteiger partial charge >= 0.3 is 6.36 Å². The van der Waals surface area contributed by atoms with Crippen molar-refractivity contribution < 1.29 is 27.5 Å².